The van der Waals surface area contributed by atoms with Crippen molar-refractivity contribution in [1.82, 2.24) is 10.6 Å². The molecule has 20 heavy (non-hydrogen) atoms. The Kier molecular flexibility index (Phi) is 4.70. The first-order valence-electron chi connectivity index (χ1n) is 6.57. The van der Waals surface area contributed by atoms with Crippen LogP contribution in [-0.4, -0.2) is 44.7 Å². The molecule has 6 heteroatoms. The van der Waals surface area contributed by atoms with Gasteiger partial charge in [0.2, 0.25) is 0 Å². The number of anilines is 1. The zero-order chi connectivity index (χ0) is 14.5. The number of ether oxygens (including phenoxy) is 1. The molecule has 1 saturated heterocycles. The molecule has 1 fully saturated rings. The van der Waals surface area contributed by atoms with Gasteiger partial charge in [0.1, 0.15) is 6.10 Å². The minimum atomic E-state index is -0.471. The van der Waals surface area contributed by atoms with E-state index in [1.54, 1.807) is 25.2 Å². The molecule has 0 aliphatic carbocycles. The predicted octanol–water partition coefficient (Wildman–Crippen LogP) is 0.282. The van der Waals surface area contributed by atoms with Gasteiger partial charge in [0, 0.05) is 31.4 Å². The second-order valence-corrected chi connectivity index (χ2v) is 4.66. The molecule has 1 unspecified atom stereocenters. The van der Waals surface area contributed by atoms with Gasteiger partial charge < -0.3 is 20.7 Å². The molecule has 0 spiro atoms. The van der Waals surface area contributed by atoms with E-state index in [0.717, 1.165) is 12.1 Å². The van der Waals surface area contributed by atoms with Gasteiger partial charge >= 0.3 is 0 Å². The van der Waals surface area contributed by atoms with Crippen molar-refractivity contribution < 1.29 is 14.3 Å². The van der Waals surface area contributed by atoms with Gasteiger partial charge in [-0.3, -0.25) is 9.59 Å². The molecule has 1 aromatic carbocycles. The molecule has 2 rings (SSSR count). The summed E-state index contributed by atoms with van der Waals surface area (Å²) < 4.78 is 5.39. The smallest absolute Gasteiger partial charge is 0.254 e. The molecule has 1 heterocycles. The molecule has 0 radical (unpaired) electrons. The highest BCUT2D eigenvalue weighted by atomic mass is 16.5. The normalized spacial score (nSPS) is 18.4. The van der Waals surface area contributed by atoms with Gasteiger partial charge in [-0.1, -0.05) is 0 Å². The van der Waals surface area contributed by atoms with E-state index in [4.69, 9.17) is 4.74 Å². The molecule has 6 nitrogen and oxygen atoms in total. The van der Waals surface area contributed by atoms with Gasteiger partial charge in [0.05, 0.1) is 6.61 Å². The van der Waals surface area contributed by atoms with Gasteiger partial charge in [-0.15, -0.1) is 0 Å². The largest absolute Gasteiger partial charge is 0.366 e. The van der Waals surface area contributed by atoms with Crippen molar-refractivity contribution in [2.75, 3.05) is 32.1 Å². The average molecular weight is 277 g/mol. The van der Waals surface area contributed by atoms with E-state index < -0.39 is 6.10 Å². The summed E-state index contributed by atoms with van der Waals surface area (Å²) in [6.45, 7) is 3.67. The number of benzene rings is 1. The zero-order valence-corrected chi connectivity index (χ0v) is 11.7. The van der Waals surface area contributed by atoms with Crippen LogP contribution >= 0.6 is 0 Å². The highest BCUT2D eigenvalue weighted by Crippen LogP contribution is 2.17. The Labute approximate surface area is 117 Å². The molecule has 1 aromatic rings. The molecule has 1 atom stereocenters. The quantitative estimate of drug-likeness (QED) is 0.741. The Morgan fingerprint density at radius 3 is 2.80 bits per heavy atom. The maximum Gasteiger partial charge on any atom is 0.254 e. The van der Waals surface area contributed by atoms with Crippen LogP contribution < -0.4 is 16.0 Å². The van der Waals surface area contributed by atoms with Crippen molar-refractivity contribution in [3.8, 4) is 0 Å². The molecule has 1 aliphatic heterocycles. The molecule has 1 aliphatic rings. The fourth-order valence-corrected chi connectivity index (χ4v) is 2.04. The number of aryl methyl sites for hydroxylation is 1. The van der Waals surface area contributed by atoms with Gasteiger partial charge in [0.15, 0.2) is 0 Å². The minimum Gasteiger partial charge on any atom is -0.366 e. The summed E-state index contributed by atoms with van der Waals surface area (Å²) in [5, 5.41) is 8.50. The summed E-state index contributed by atoms with van der Waals surface area (Å²) >= 11 is 0. The minimum absolute atomic E-state index is 0.147. The average Bonchev–Trinajstić information content (AvgIpc) is 2.49. The van der Waals surface area contributed by atoms with Crippen molar-refractivity contribution in [2.45, 2.75) is 13.0 Å². The molecule has 0 saturated carbocycles. The van der Waals surface area contributed by atoms with Crippen molar-refractivity contribution in [3.05, 3.63) is 29.3 Å². The van der Waals surface area contributed by atoms with Crippen LogP contribution in [0.3, 0.4) is 0 Å². The van der Waals surface area contributed by atoms with Crippen LogP contribution in [0.15, 0.2) is 18.2 Å². The summed E-state index contributed by atoms with van der Waals surface area (Å²) in [5.74, 6) is -0.321. The zero-order valence-electron chi connectivity index (χ0n) is 11.7. The number of morpholine rings is 1. The van der Waals surface area contributed by atoms with Crippen LogP contribution in [0.25, 0.3) is 0 Å². The van der Waals surface area contributed by atoms with E-state index in [1.807, 2.05) is 6.92 Å². The fourth-order valence-electron chi connectivity index (χ4n) is 2.04. The lowest BCUT2D eigenvalue weighted by atomic mass is 10.1. The number of carbonyl (C=O) groups is 2. The Hall–Kier alpha value is -1.92. The molecule has 2 amide bonds. The molecule has 0 aromatic heterocycles. The summed E-state index contributed by atoms with van der Waals surface area (Å²) in [5.41, 5.74) is 2.10. The molecular formula is C14H19N3O3. The van der Waals surface area contributed by atoms with E-state index >= 15 is 0 Å². The van der Waals surface area contributed by atoms with Crippen LogP contribution in [0, 0.1) is 6.92 Å². The van der Waals surface area contributed by atoms with Crippen LogP contribution in [-0.2, 0) is 9.53 Å². The fraction of sp³-hybridized carbons (Fsp3) is 0.429. The van der Waals surface area contributed by atoms with Crippen LogP contribution in [0.5, 0.6) is 0 Å². The van der Waals surface area contributed by atoms with Crippen molar-refractivity contribution >= 4 is 17.5 Å². The molecule has 108 valence electrons. The van der Waals surface area contributed by atoms with Crippen LogP contribution in [0.1, 0.15) is 15.9 Å². The second-order valence-electron chi connectivity index (χ2n) is 4.66. The Balaban J connectivity index is 2.05. The lowest BCUT2D eigenvalue weighted by Gasteiger charge is -2.23. The van der Waals surface area contributed by atoms with E-state index in [2.05, 4.69) is 16.0 Å². The van der Waals surface area contributed by atoms with Crippen molar-refractivity contribution in [2.24, 2.45) is 0 Å². The third-order valence-electron chi connectivity index (χ3n) is 3.19. The third-order valence-corrected chi connectivity index (χ3v) is 3.19. The lowest BCUT2D eigenvalue weighted by Crippen LogP contribution is -2.45. The standard InChI is InChI=1S/C14H19N3O3/c1-9-7-10(13(18)15-2)3-4-11(9)17-14(19)12-8-16-5-6-20-12/h3-4,7,12,16H,5-6,8H2,1-2H3,(H,15,18)(H,17,19). The van der Waals surface area contributed by atoms with E-state index in [-0.39, 0.29) is 11.8 Å². The van der Waals surface area contributed by atoms with Gasteiger partial charge in [-0.2, -0.15) is 0 Å². The number of carbonyl (C=O) groups excluding carboxylic acids is 2. The van der Waals surface area contributed by atoms with Gasteiger partial charge in [0.25, 0.3) is 11.8 Å². The maximum atomic E-state index is 12.0. The summed E-state index contributed by atoms with van der Waals surface area (Å²) in [6, 6.07) is 5.16. The first kappa shape index (κ1) is 14.5. The Morgan fingerprint density at radius 1 is 1.40 bits per heavy atom. The van der Waals surface area contributed by atoms with Crippen LogP contribution in [0.4, 0.5) is 5.69 Å². The SMILES string of the molecule is CNC(=O)c1ccc(NC(=O)C2CNCCO2)c(C)c1. The number of rotatable bonds is 3. The molecule has 3 N–H and O–H groups in total. The van der Waals surface area contributed by atoms with Crippen molar-refractivity contribution in [1.29, 1.82) is 0 Å². The number of hydrogen-bond acceptors (Lipinski definition) is 4. The summed E-state index contributed by atoms with van der Waals surface area (Å²) in [6.07, 6.45) is -0.471. The Bertz CT molecular complexity index is 510. The predicted molar refractivity (Wildman–Crippen MR) is 75.8 cm³/mol. The lowest BCUT2D eigenvalue weighted by molar-refractivity contribution is -0.128. The Morgan fingerprint density at radius 2 is 2.20 bits per heavy atom. The number of hydrogen-bond donors (Lipinski definition) is 3. The first-order chi connectivity index (χ1) is 9.61. The van der Waals surface area contributed by atoms with Crippen LogP contribution in [0.2, 0.25) is 0 Å². The monoisotopic (exact) mass is 277 g/mol. The van der Waals surface area contributed by atoms with Crippen molar-refractivity contribution in [3.63, 3.8) is 0 Å². The van der Waals surface area contributed by atoms with Gasteiger partial charge in [-0.05, 0) is 30.7 Å². The van der Waals surface area contributed by atoms with Gasteiger partial charge in [-0.25, -0.2) is 0 Å². The number of nitrogens with one attached hydrogen (secondary N) is 3. The highest BCUT2D eigenvalue weighted by molar-refractivity contribution is 5.97. The van der Waals surface area contributed by atoms with E-state index in [0.29, 0.717) is 24.4 Å². The first-order valence-corrected chi connectivity index (χ1v) is 6.57. The van der Waals surface area contributed by atoms with E-state index in [1.165, 1.54) is 0 Å². The maximum absolute atomic E-state index is 12.0. The third kappa shape index (κ3) is 3.34. The summed E-state index contributed by atoms with van der Waals surface area (Å²) in [4.78, 5) is 23.6. The molecular weight excluding hydrogens is 258 g/mol. The number of amides is 2. The summed E-state index contributed by atoms with van der Waals surface area (Å²) in [7, 11) is 1.58. The second kappa shape index (κ2) is 6.49. The topological polar surface area (TPSA) is 79.5 Å². The molecule has 0 bridgehead atoms. The highest BCUT2D eigenvalue weighted by Gasteiger charge is 2.22. The van der Waals surface area contributed by atoms with E-state index in [9.17, 15) is 9.59 Å².